The van der Waals surface area contributed by atoms with E-state index in [-0.39, 0.29) is 11.4 Å². The van der Waals surface area contributed by atoms with E-state index in [1.165, 1.54) is 0 Å². The standard InChI is InChI=1S/C16H23N3O/c17-16(7-1-2-8-16)11-15(20)19(14-3-4-14)12-13-5-9-18-10-6-13/h5-6,9-10,14H,1-4,7-8,11-12,17H2. The maximum atomic E-state index is 12.6. The summed E-state index contributed by atoms with van der Waals surface area (Å²) < 4.78 is 0. The number of carbonyl (C=O) groups excluding carboxylic acids is 1. The molecular formula is C16H23N3O. The van der Waals surface area contributed by atoms with Crippen LogP contribution in [0.25, 0.3) is 0 Å². The highest BCUT2D eigenvalue weighted by atomic mass is 16.2. The third-order valence-corrected chi connectivity index (χ3v) is 4.51. The predicted octanol–water partition coefficient (Wildman–Crippen LogP) is 2.23. The summed E-state index contributed by atoms with van der Waals surface area (Å²) in [7, 11) is 0. The van der Waals surface area contributed by atoms with E-state index in [4.69, 9.17) is 5.73 Å². The summed E-state index contributed by atoms with van der Waals surface area (Å²) in [5, 5.41) is 0. The Balaban J connectivity index is 1.66. The van der Waals surface area contributed by atoms with E-state index in [1.807, 2.05) is 17.0 Å². The Hall–Kier alpha value is -1.42. The van der Waals surface area contributed by atoms with E-state index >= 15 is 0 Å². The molecule has 108 valence electrons. The minimum absolute atomic E-state index is 0.230. The average Bonchev–Trinajstić information content (AvgIpc) is 3.19. The largest absolute Gasteiger partial charge is 0.335 e. The van der Waals surface area contributed by atoms with Crippen LogP contribution in [0.1, 0.15) is 50.5 Å². The zero-order chi connectivity index (χ0) is 14.0. The first-order valence-electron chi connectivity index (χ1n) is 7.64. The summed E-state index contributed by atoms with van der Waals surface area (Å²) >= 11 is 0. The molecule has 0 bridgehead atoms. The SMILES string of the molecule is NC1(CC(=O)N(Cc2ccncc2)C2CC2)CCCC1. The lowest BCUT2D eigenvalue weighted by atomic mass is 9.94. The van der Waals surface area contributed by atoms with E-state index in [9.17, 15) is 4.79 Å². The summed E-state index contributed by atoms with van der Waals surface area (Å²) in [5.74, 6) is 0.230. The number of nitrogens with two attached hydrogens (primary N) is 1. The molecule has 2 saturated carbocycles. The summed E-state index contributed by atoms with van der Waals surface area (Å²) in [6.45, 7) is 0.697. The fraction of sp³-hybridized carbons (Fsp3) is 0.625. The van der Waals surface area contributed by atoms with Gasteiger partial charge in [-0.3, -0.25) is 9.78 Å². The summed E-state index contributed by atoms with van der Waals surface area (Å²) in [5.41, 5.74) is 7.26. The first-order chi connectivity index (χ1) is 9.66. The maximum Gasteiger partial charge on any atom is 0.224 e. The van der Waals surface area contributed by atoms with Gasteiger partial charge in [-0.25, -0.2) is 0 Å². The molecule has 2 aliphatic rings. The first kappa shape index (κ1) is 13.6. The second kappa shape index (κ2) is 5.52. The van der Waals surface area contributed by atoms with Crippen LogP contribution in [0.3, 0.4) is 0 Å². The summed E-state index contributed by atoms with van der Waals surface area (Å²) in [4.78, 5) is 18.7. The minimum atomic E-state index is -0.248. The second-order valence-corrected chi connectivity index (χ2v) is 6.35. The molecule has 3 rings (SSSR count). The van der Waals surface area contributed by atoms with Crippen molar-refractivity contribution < 1.29 is 4.79 Å². The number of carbonyl (C=O) groups is 1. The number of aromatic nitrogens is 1. The van der Waals surface area contributed by atoms with Gasteiger partial charge in [-0.05, 0) is 43.4 Å². The van der Waals surface area contributed by atoms with Gasteiger partial charge in [0.25, 0.3) is 0 Å². The quantitative estimate of drug-likeness (QED) is 0.895. The fourth-order valence-electron chi connectivity index (χ4n) is 3.15. The van der Waals surface area contributed by atoms with Crippen molar-refractivity contribution >= 4 is 5.91 Å². The van der Waals surface area contributed by atoms with Crippen LogP contribution < -0.4 is 5.73 Å². The van der Waals surface area contributed by atoms with Crippen LogP contribution in [-0.4, -0.2) is 27.4 Å². The zero-order valence-corrected chi connectivity index (χ0v) is 11.9. The van der Waals surface area contributed by atoms with Crippen molar-refractivity contribution in [2.24, 2.45) is 5.73 Å². The van der Waals surface area contributed by atoms with Gasteiger partial charge in [0, 0.05) is 36.9 Å². The third kappa shape index (κ3) is 3.18. The highest BCUT2D eigenvalue weighted by Crippen LogP contribution is 2.34. The number of hydrogen-bond acceptors (Lipinski definition) is 3. The molecule has 1 heterocycles. The lowest BCUT2D eigenvalue weighted by Gasteiger charge is -2.29. The zero-order valence-electron chi connectivity index (χ0n) is 11.9. The van der Waals surface area contributed by atoms with Gasteiger partial charge in [-0.1, -0.05) is 12.8 Å². The van der Waals surface area contributed by atoms with E-state index < -0.39 is 0 Å². The molecule has 0 radical (unpaired) electrons. The number of rotatable bonds is 5. The van der Waals surface area contributed by atoms with Crippen LogP contribution in [0.4, 0.5) is 0 Å². The van der Waals surface area contributed by atoms with Crippen LogP contribution >= 0.6 is 0 Å². The lowest BCUT2D eigenvalue weighted by Crippen LogP contribution is -2.44. The minimum Gasteiger partial charge on any atom is -0.335 e. The summed E-state index contributed by atoms with van der Waals surface area (Å²) in [6.07, 6.45) is 10.7. The number of nitrogens with zero attached hydrogens (tertiary/aromatic N) is 2. The Bertz CT molecular complexity index is 464. The van der Waals surface area contributed by atoms with Crippen LogP contribution in [0.5, 0.6) is 0 Å². The summed E-state index contributed by atoms with van der Waals surface area (Å²) in [6, 6.07) is 4.40. The fourth-order valence-corrected chi connectivity index (χ4v) is 3.15. The molecule has 1 aromatic heterocycles. The van der Waals surface area contributed by atoms with Crippen molar-refractivity contribution in [3.05, 3.63) is 30.1 Å². The highest BCUT2D eigenvalue weighted by Gasteiger charge is 2.37. The monoisotopic (exact) mass is 273 g/mol. The Morgan fingerprint density at radius 2 is 1.95 bits per heavy atom. The molecule has 0 spiro atoms. The highest BCUT2D eigenvalue weighted by molar-refractivity contribution is 5.78. The number of hydrogen-bond donors (Lipinski definition) is 1. The normalized spacial score (nSPS) is 20.9. The van der Waals surface area contributed by atoms with Crippen LogP contribution in [-0.2, 0) is 11.3 Å². The molecule has 1 amide bonds. The molecule has 20 heavy (non-hydrogen) atoms. The topological polar surface area (TPSA) is 59.2 Å². The van der Waals surface area contributed by atoms with Gasteiger partial charge >= 0.3 is 0 Å². The van der Waals surface area contributed by atoms with Crippen molar-refractivity contribution in [2.45, 2.75) is 63.1 Å². The Morgan fingerprint density at radius 3 is 2.55 bits per heavy atom. The molecule has 0 atom stereocenters. The van der Waals surface area contributed by atoms with Gasteiger partial charge in [0.1, 0.15) is 0 Å². The van der Waals surface area contributed by atoms with Crippen molar-refractivity contribution in [3.63, 3.8) is 0 Å². The van der Waals surface area contributed by atoms with Crippen LogP contribution in [0.2, 0.25) is 0 Å². The molecule has 4 heteroatoms. The van der Waals surface area contributed by atoms with Gasteiger partial charge in [0.2, 0.25) is 5.91 Å². The van der Waals surface area contributed by atoms with E-state index in [1.54, 1.807) is 12.4 Å². The molecule has 0 aromatic carbocycles. The van der Waals surface area contributed by atoms with E-state index in [0.717, 1.165) is 44.1 Å². The molecule has 0 aliphatic heterocycles. The van der Waals surface area contributed by atoms with Gasteiger partial charge in [-0.2, -0.15) is 0 Å². The number of amides is 1. The molecule has 0 unspecified atom stereocenters. The van der Waals surface area contributed by atoms with Crippen LogP contribution in [0.15, 0.2) is 24.5 Å². The smallest absolute Gasteiger partial charge is 0.224 e. The Morgan fingerprint density at radius 1 is 1.30 bits per heavy atom. The van der Waals surface area contributed by atoms with Crippen molar-refractivity contribution in [1.82, 2.24) is 9.88 Å². The molecular weight excluding hydrogens is 250 g/mol. The molecule has 2 N–H and O–H groups in total. The van der Waals surface area contributed by atoms with E-state index in [2.05, 4.69) is 4.98 Å². The van der Waals surface area contributed by atoms with E-state index in [0.29, 0.717) is 19.0 Å². The average molecular weight is 273 g/mol. The van der Waals surface area contributed by atoms with Gasteiger partial charge in [0.05, 0.1) is 0 Å². The molecule has 2 fully saturated rings. The van der Waals surface area contributed by atoms with Crippen molar-refractivity contribution in [3.8, 4) is 0 Å². The van der Waals surface area contributed by atoms with Gasteiger partial charge in [0.15, 0.2) is 0 Å². The predicted molar refractivity (Wildman–Crippen MR) is 77.8 cm³/mol. The lowest BCUT2D eigenvalue weighted by molar-refractivity contribution is -0.133. The molecule has 4 nitrogen and oxygen atoms in total. The molecule has 1 aromatic rings. The second-order valence-electron chi connectivity index (χ2n) is 6.35. The number of pyridine rings is 1. The van der Waals surface area contributed by atoms with Crippen LogP contribution in [0, 0.1) is 0 Å². The van der Waals surface area contributed by atoms with Gasteiger partial charge < -0.3 is 10.6 Å². The van der Waals surface area contributed by atoms with Crippen molar-refractivity contribution in [1.29, 1.82) is 0 Å². The first-order valence-corrected chi connectivity index (χ1v) is 7.64. The molecule has 0 saturated heterocycles. The third-order valence-electron chi connectivity index (χ3n) is 4.51. The van der Waals surface area contributed by atoms with Crippen molar-refractivity contribution in [2.75, 3.05) is 0 Å². The Kier molecular flexibility index (Phi) is 3.74. The Labute approximate surface area is 120 Å². The maximum absolute atomic E-state index is 12.6. The molecule has 2 aliphatic carbocycles. The van der Waals surface area contributed by atoms with Gasteiger partial charge in [-0.15, -0.1) is 0 Å².